The smallest absolute Gasteiger partial charge is 0.244 e. The molecule has 0 aliphatic carbocycles. The van der Waals surface area contributed by atoms with Crippen LogP contribution in [-0.2, 0) is 9.53 Å². The number of amides is 1. The van der Waals surface area contributed by atoms with Crippen LogP contribution in [-0.4, -0.2) is 35.9 Å². The van der Waals surface area contributed by atoms with Gasteiger partial charge < -0.3 is 10.1 Å². The Morgan fingerprint density at radius 1 is 1.42 bits per heavy atom. The lowest BCUT2D eigenvalue weighted by molar-refractivity contribution is -0.116. The van der Waals surface area contributed by atoms with Crippen molar-refractivity contribution < 1.29 is 13.9 Å². The number of benzene rings is 1. The van der Waals surface area contributed by atoms with E-state index in [4.69, 9.17) is 16.3 Å². The largest absolute Gasteiger partial charge is 0.385 e. The second-order valence-corrected chi connectivity index (χ2v) is 5.51. The molecular weight excluding hydrogens is 333 g/mol. The maximum atomic E-state index is 13.0. The Kier molecular flexibility index (Phi) is 6.52. The normalized spacial score (nSPS) is 11.2. The fraction of sp³-hybridized carbons (Fsp3) is 0.294. The summed E-state index contributed by atoms with van der Waals surface area (Å²) < 4.78 is 19.4. The van der Waals surface area contributed by atoms with Gasteiger partial charge in [0.15, 0.2) is 0 Å². The maximum Gasteiger partial charge on any atom is 0.244 e. The molecule has 1 heterocycles. The summed E-state index contributed by atoms with van der Waals surface area (Å²) in [5.41, 5.74) is 1.97. The van der Waals surface area contributed by atoms with E-state index in [0.717, 1.165) is 6.42 Å². The van der Waals surface area contributed by atoms with Crippen LogP contribution in [0.3, 0.4) is 0 Å². The molecule has 5 nitrogen and oxygen atoms in total. The maximum absolute atomic E-state index is 13.0. The van der Waals surface area contributed by atoms with Crippen molar-refractivity contribution >= 4 is 23.6 Å². The van der Waals surface area contributed by atoms with Crippen LogP contribution in [0, 0.1) is 12.7 Å². The molecule has 1 N–H and O–H groups in total. The van der Waals surface area contributed by atoms with Crippen LogP contribution < -0.4 is 5.32 Å². The first kappa shape index (κ1) is 18.2. The van der Waals surface area contributed by atoms with Crippen molar-refractivity contribution in [3.63, 3.8) is 0 Å². The molecule has 7 heteroatoms. The van der Waals surface area contributed by atoms with Gasteiger partial charge in [0, 0.05) is 31.9 Å². The van der Waals surface area contributed by atoms with E-state index >= 15 is 0 Å². The second kappa shape index (κ2) is 8.61. The molecule has 0 fully saturated rings. The number of hydrogen-bond donors (Lipinski definition) is 1. The van der Waals surface area contributed by atoms with Gasteiger partial charge in [-0.3, -0.25) is 4.79 Å². The molecule has 0 saturated carbocycles. The van der Waals surface area contributed by atoms with Gasteiger partial charge in [-0.1, -0.05) is 11.6 Å². The van der Waals surface area contributed by atoms with Crippen molar-refractivity contribution in [1.29, 1.82) is 0 Å². The molecule has 24 heavy (non-hydrogen) atoms. The summed E-state index contributed by atoms with van der Waals surface area (Å²) in [6.07, 6.45) is 3.78. The van der Waals surface area contributed by atoms with Crippen LogP contribution in [0.2, 0.25) is 5.15 Å². The molecule has 0 spiro atoms. The van der Waals surface area contributed by atoms with Crippen LogP contribution in [0.1, 0.15) is 17.7 Å². The van der Waals surface area contributed by atoms with Gasteiger partial charge in [-0.2, -0.15) is 5.10 Å². The summed E-state index contributed by atoms with van der Waals surface area (Å²) >= 11 is 6.34. The summed E-state index contributed by atoms with van der Waals surface area (Å²) in [5.74, 6) is -0.542. The second-order valence-electron chi connectivity index (χ2n) is 5.15. The Morgan fingerprint density at radius 2 is 2.12 bits per heavy atom. The first-order chi connectivity index (χ1) is 11.5. The number of nitrogens with zero attached hydrogens (tertiary/aromatic N) is 2. The standard InChI is InChI=1S/C17H19ClFN3O2/c1-12-15(8-9-16(23)20-10-3-11-24-2)17(18)22(21-12)14-6-4-13(19)5-7-14/h4-9H,3,10-11H2,1-2H3,(H,20,23)/b9-8+. The molecule has 2 aromatic rings. The first-order valence-corrected chi connectivity index (χ1v) is 7.86. The summed E-state index contributed by atoms with van der Waals surface area (Å²) in [6.45, 7) is 2.93. The minimum atomic E-state index is -0.330. The fourth-order valence-corrected chi connectivity index (χ4v) is 2.44. The van der Waals surface area contributed by atoms with Crippen molar-refractivity contribution in [3.05, 3.63) is 52.6 Å². The Labute approximate surface area is 145 Å². The molecule has 0 bridgehead atoms. The quantitative estimate of drug-likeness (QED) is 0.616. The Hall–Kier alpha value is -2.18. The average molecular weight is 352 g/mol. The zero-order chi connectivity index (χ0) is 17.5. The summed E-state index contributed by atoms with van der Waals surface area (Å²) in [7, 11) is 1.62. The van der Waals surface area contributed by atoms with Gasteiger partial charge in [0.05, 0.1) is 11.4 Å². The summed E-state index contributed by atoms with van der Waals surface area (Å²) in [4.78, 5) is 11.8. The van der Waals surface area contributed by atoms with Gasteiger partial charge in [-0.25, -0.2) is 9.07 Å². The van der Waals surface area contributed by atoms with Gasteiger partial charge in [0.2, 0.25) is 5.91 Å². The third kappa shape index (κ3) is 4.66. The van der Waals surface area contributed by atoms with E-state index in [9.17, 15) is 9.18 Å². The van der Waals surface area contributed by atoms with E-state index in [1.807, 2.05) is 0 Å². The molecule has 0 radical (unpaired) electrons. The van der Waals surface area contributed by atoms with Gasteiger partial charge >= 0.3 is 0 Å². The number of carbonyl (C=O) groups excluding carboxylic acids is 1. The molecule has 0 unspecified atom stereocenters. The van der Waals surface area contributed by atoms with Crippen molar-refractivity contribution in [3.8, 4) is 5.69 Å². The highest BCUT2D eigenvalue weighted by atomic mass is 35.5. The molecule has 1 aromatic heterocycles. The predicted molar refractivity (Wildman–Crippen MR) is 91.8 cm³/mol. The number of aryl methyl sites for hydroxylation is 1. The topological polar surface area (TPSA) is 56.1 Å². The Morgan fingerprint density at radius 3 is 2.79 bits per heavy atom. The molecule has 2 rings (SSSR count). The lowest BCUT2D eigenvalue weighted by atomic mass is 10.2. The van der Waals surface area contributed by atoms with Crippen LogP contribution >= 0.6 is 11.6 Å². The highest BCUT2D eigenvalue weighted by molar-refractivity contribution is 6.31. The Balaban J connectivity index is 2.10. The number of aromatic nitrogens is 2. The predicted octanol–water partition coefficient (Wildman–Crippen LogP) is 3.14. The minimum Gasteiger partial charge on any atom is -0.385 e. The lowest BCUT2D eigenvalue weighted by Crippen LogP contribution is -2.22. The van der Waals surface area contributed by atoms with Crippen molar-refractivity contribution in [2.24, 2.45) is 0 Å². The summed E-state index contributed by atoms with van der Waals surface area (Å²) in [6, 6.07) is 5.85. The molecule has 0 aliphatic rings. The van der Waals surface area contributed by atoms with Crippen molar-refractivity contribution in [2.45, 2.75) is 13.3 Å². The number of hydrogen-bond acceptors (Lipinski definition) is 3. The molecule has 128 valence electrons. The van der Waals surface area contributed by atoms with Gasteiger partial charge in [0.1, 0.15) is 11.0 Å². The highest BCUT2D eigenvalue weighted by Crippen LogP contribution is 2.24. The Bertz CT molecular complexity index is 726. The SMILES string of the molecule is COCCCNC(=O)/C=C/c1c(C)nn(-c2ccc(F)cc2)c1Cl. The van der Waals surface area contributed by atoms with Crippen LogP contribution in [0.15, 0.2) is 30.3 Å². The third-order valence-electron chi connectivity index (χ3n) is 3.35. The fourth-order valence-electron chi connectivity index (χ4n) is 2.10. The van der Waals surface area contributed by atoms with Crippen LogP contribution in [0.4, 0.5) is 4.39 Å². The van der Waals surface area contributed by atoms with Crippen molar-refractivity contribution in [2.75, 3.05) is 20.3 Å². The van der Waals surface area contributed by atoms with E-state index in [0.29, 0.717) is 35.2 Å². The number of nitrogens with one attached hydrogen (secondary N) is 1. The van der Waals surface area contributed by atoms with Gasteiger partial charge in [0.25, 0.3) is 0 Å². The van der Waals surface area contributed by atoms with E-state index in [2.05, 4.69) is 10.4 Å². The number of rotatable bonds is 7. The van der Waals surface area contributed by atoms with E-state index < -0.39 is 0 Å². The number of carbonyl (C=O) groups is 1. The number of methoxy groups -OCH3 is 1. The van der Waals surface area contributed by atoms with Crippen molar-refractivity contribution in [1.82, 2.24) is 15.1 Å². The minimum absolute atomic E-state index is 0.212. The molecule has 0 atom stereocenters. The van der Waals surface area contributed by atoms with Crippen LogP contribution in [0.5, 0.6) is 0 Å². The molecule has 1 aromatic carbocycles. The van der Waals surface area contributed by atoms with E-state index in [-0.39, 0.29) is 11.7 Å². The van der Waals surface area contributed by atoms with Gasteiger partial charge in [-0.15, -0.1) is 0 Å². The molecule has 1 amide bonds. The molecular formula is C17H19ClFN3O2. The zero-order valence-corrected chi connectivity index (χ0v) is 14.3. The monoisotopic (exact) mass is 351 g/mol. The zero-order valence-electron chi connectivity index (χ0n) is 13.6. The number of halogens is 2. The highest BCUT2D eigenvalue weighted by Gasteiger charge is 2.12. The van der Waals surface area contributed by atoms with Crippen LogP contribution in [0.25, 0.3) is 11.8 Å². The summed E-state index contributed by atoms with van der Waals surface area (Å²) in [5, 5.41) is 7.45. The average Bonchev–Trinajstić information content (AvgIpc) is 2.85. The van der Waals surface area contributed by atoms with Gasteiger partial charge in [-0.05, 0) is 43.7 Å². The molecule has 0 aliphatic heterocycles. The first-order valence-electron chi connectivity index (χ1n) is 7.49. The van der Waals surface area contributed by atoms with E-state index in [1.165, 1.54) is 22.9 Å². The lowest BCUT2D eigenvalue weighted by Gasteiger charge is -2.02. The third-order valence-corrected chi connectivity index (χ3v) is 3.71. The number of ether oxygens (including phenoxy) is 1. The molecule has 0 saturated heterocycles. The van der Waals surface area contributed by atoms with E-state index in [1.54, 1.807) is 32.2 Å².